The average Bonchev–Trinajstić information content (AvgIpc) is 2.71. The molecule has 1 N–H and O–H groups in total. The molecule has 20 heavy (non-hydrogen) atoms. The van der Waals surface area contributed by atoms with E-state index in [0.29, 0.717) is 6.04 Å². The highest BCUT2D eigenvalue weighted by atomic mass is 127. The minimum Gasteiger partial charge on any atom is -0.313 e. The van der Waals surface area contributed by atoms with E-state index >= 15 is 0 Å². The van der Waals surface area contributed by atoms with E-state index < -0.39 is 0 Å². The van der Waals surface area contributed by atoms with E-state index in [4.69, 9.17) is 0 Å². The lowest BCUT2D eigenvalue weighted by molar-refractivity contribution is 0.540. The van der Waals surface area contributed by atoms with Gasteiger partial charge >= 0.3 is 0 Å². The molecule has 0 fully saturated rings. The van der Waals surface area contributed by atoms with Crippen molar-refractivity contribution in [2.45, 2.75) is 32.9 Å². The van der Waals surface area contributed by atoms with Crippen LogP contribution in [0.4, 0.5) is 0 Å². The van der Waals surface area contributed by atoms with Gasteiger partial charge in [0.1, 0.15) is 0 Å². The first kappa shape index (κ1) is 16.0. The number of benzene rings is 1. The van der Waals surface area contributed by atoms with Crippen molar-refractivity contribution < 1.29 is 0 Å². The van der Waals surface area contributed by atoms with Crippen molar-refractivity contribution >= 4 is 38.5 Å². The summed E-state index contributed by atoms with van der Waals surface area (Å²) in [6, 6.07) is 8.93. The third kappa shape index (κ3) is 3.43. The number of rotatable bonds is 5. The van der Waals surface area contributed by atoms with Crippen molar-refractivity contribution in [3.8, 4) is 0 Å². The predicted octanol–water partition coefficient (Wildman–Crippen LogP) is 4.08. The first-order chi connectivity index (χ1) is 9.56. The van der Waals surface area contributed by atoms with Crippen LogP contribution >= 0.6 is 38.5 Å². The summed E-state index contributed by atoms with van der Waals surface area (Å²) in [5.41, 5.74) is 3.62. The van der Waals surface area contributed by atoms with Gasteiger partial charge in [-0.05, 0) is 77.1 Å². The van der Waals surface area contributed by atoms with Gasteiger partial charge in [0.25, 0.3) is 0 Å². The highest BCUT2D eigenvalue weighted by Gasteiger charge is 2.18. The summed E-state index contributed by atoms with van der Waals surface area (Å²) < 4.78 is 4.47. The molecule has 0 bridgehead atoms. The van der Waals surface area contributed by atoms with Crippen LogP contribution in [0, 0.1) is 10.5 Å². The van der Waals surface area contributed by atoms with Crippen LogP contribution in [-0.2, 0) is 13.0 Å². The lowest BCUT2D eigenvalue weighted by Gasteiger charge is -2.18. The molecule has 1 unspecified atom stereocenters. The Morgan fingerprint density at radius 1 is 1.45 bits per heavy atom. The lowest BCUT2D eigenvalue weighted by atomic mass is 10.0. The van der Waals surface area contributed by atoms with Gasteiger partial charge in [0, 0.05) is 22.6 Å². The summed E-state index contributed by atoms with van der Waals surface area (Å²) in [7, 11) is 2.01. The van der Waals surface area contributed by atoms with Crippen molar-refractivity contribution in [3.63, 3.8) is 0 Å². The fourth-order valence-corrected chi connectivity index (χ4v) is 3.38. The van der Waals surface area contributed by atoms with E-state index in [-0.39, 0.29) is 0 Å². The van der Waals surface area contributed by atoms with E-state index in [2.05, 4.69) is 84.8 Å². The van der Waals surface area contributed by atoms with E-state index in [0.717, 1.165) is 23.1 Å². The van der Waals surface area contributed by atoms with Gasteiger partial charge in [0.15, 0.2) is 0 Å². The highest BCUT2D eigenvalue weighted by molar-refractivity contribution is 14.1. The van der Waals surface area contributed by atoms with Crippen molar-refractivity contribution in [3.05, 3.63) is 49.3 Å². The van der Waals surface area contributed by atoms with Gasteiger partial charge in [-0.25, -0.2) is 0 Å². The predicted molar refractivity (Wildman–Crippen MR) is 95.0 cm³/mol. The Hall–Kier alpha value is -0.400. The second kappa shape index (κ2) is 7.04. The molecule has 1 aromatic heterocycles. The highest BCUT2D eigenvalue weighted by Crippen LogP contribution is 2.27. The molecular formula is C15H19BrIN3. The molecule has 0 saturated heterocycles. The van der Waals surface area contributed by atoms with Crippen LogP contribution in [0.1, 0.15) is 29.9 Å². The molecule has 2 aromatic rings. The number of likely N-dealkylation sites (N-methyl/N-ethyl adjacent to an activating group) is 1. The fourth-order valence-electron chi connectivity index (χ4n) is 2.37. The Morgan fingerprint density at radius 2 is 2.20 bits per heavy atom. The Bertz CT molecular complexity index is 595. The van der Waals surface area contributed by atoms with E-state index in [9.17, 15) is 0 Å². The number of nitrogens with one attached hydrogen (secondary N) is 1. The molecule has 0 aliphatic heterocycles. The van der Waals surface area contributed by atoms with E-state index in [1.54, 1.807) is 0 Å². The Morgan fingerprint density at radius 3 is 2.80 bits per heavy atom. The molecule has 0 amide bonds. The van der Waals surface area contributed by atoms with Crippen LogP contribution in [0.2, 0.25) is 0 Å². The molecule has 0 saturated carbocycles. The van der Waals surface area contributed by atoms with Gasteiger partial charge in [-0.15, -0.1) is 0 Å². The van der Waals surface area contributed by atoms with Crippen molar-refractivity contribution in [1.29, 1.82) is 0 Å². The average molecular weight is 448 g/mol. The molecular weight excluding hydrogens is 429 g/mol. The van der Waals surface area contributed by atoms with Crippen molar-refractivity contribution in [1.82, 2.24) is 15.1 Å². The Kier molecular flexibility index (Phi) is 5.63. The third-order valence-electron chi connectivity index (χ3n) is 3.45. The second-order valence-corrected chi connectivity index (χ2v) is 6.80. The maximum atomic E-state index is 4.57. The van der Waals surface area contributed by atoms with Gasteiger partial charge < -0.3 is 5.32 Å². The minimum absolute atomic E-state index is 0.294. The van der Waals surface area contributed by atoms with Crippen LogP contribution in [0.15, 0.2) is 28.7 Å². The summed E-state index contributed by atoms with van der Waals surface area (Å²) in [6.45, 7) is 5.06. The summed E-state index contributed by atoms with van der Waals surface area (Å²) in [5.74, 6) is 0. The van der Waals surface area contributed by atoms with Crippen LogP contribution in [0.5, 0.6) is 0 Å². The first-order valence-corrected chi connectivity index (χ1v) is 8.58. The largest absolute Gasteiger partial charge is 0.313 e. The molecule has 0 aliphatic rings. The second-order valence-electron chi connectivity index (χ2n) is 4.76. The molecule has 3 nitrogen and oxygen atoms in total. The number of aryl methyl sites for hydroxylation is 2. The Labute approximate surface area is 142 Å². The zero-order valence-corrected chi connectivity index (χ0v) is 15.7. The molecule has 0 aliphatic carbocycles. The van der Waals surface area contributed by atoms with Gasteiger partial charge in [-0.1, -0.05) is 12.1 Å². The van der Waals surface area contributed by atoms with Crippen LogP contribution < -0.4 is 5.32 Å². The van der Waals surface area contributed by atoms with Crippen LogP contribution in [0.3, 0.4) is 0 Å². The SMILES string of the molecule is CCn1nc(C)c(Br)c1CC(NC)c1cccc(I)c1. The van der Waals surface area contributed by atoms with Crippen molar-refractivity contribution in [2.75, 3.05) is 7.05 Å². The molecule has 0 spiro atoms. The quantitative estimate of drug-likeness (QED) is 0.700. The van der Waals surface area contributed by atoms with E-state index in [1.807, 2.05) is 14.0 Å². The number of halogens is 2. The maximum Gasteiger partial charge on any atom is 0.0738 e. The van der Waals surface area contributed by atoms with Crippen molar-refractivity contribution in [2.24, 2.45) is 0 Å². The third-order valence-corrected chi connectivity index (χ3v) is 5.15. The first-order valence-electron chi connectivity index (χ1n) is 6.71. The molecule has 1 aromatic carbocycles. The van der Waals surface area contributed by atoms with Gasteiger partial charge in [0.05, 0.1) is 15.9 Å². The minimum atomic E-state index is 0.294. The number of aromatic nitrogens is 2. The molecule has 0 radical (unpaired) electrons. The van der Waals surface area contributed by atoms with Gasteiger partial charge in [-0.3, -0.25) is 4.68 Å². The molecule has 1 heterocycles. The molecule has 5 heteroatoms. The van der Waals surface area contributed by atoms with Gasteiger partial charge in [-0.2, -0.15) is 5.10 Å². The monoisotopic (exact) mass is 447 g/mol. The topological polar surface area (TPSA) is 29.9 Å². The number of nitrogens with zero attached hydrogens (tertiary/aromatic N) is 2. The summed E-state index contributed by atoms with van der Waals surface area (Å²) in [6.07, 6.45) is 0.922. The lowest BCUT2D eigenvalue weighted by Crippen LogP contribution is -2.20. The maximum absolute atomic E-state index is 4.57. The summed E-state index contributed by atoms with van der Waals surface area (Å²) in [5, 5.41) is 7.98. The van der Waals surface area contributed by atoms with Gasteiger partial charge in [0.2, 0.25) is 0 Å². The standard InChI is InChI=1S/C15H19BrIN3/c1-4-20-14(15(16)10(2)19-20)9-13(18-3)11-6-5-7-12(17)8-11/h5-8,13,18H,4,9H2,1-3H3. The van der Waals surface area contributed by atoms with E-state index in [1.165, 1.54) is 14.8 Å². The molecule has 2 rings (SSSR count). The molecule has 1 atom stereocenters. The number of hydrogen-bond donors (Lipinski definition) is 1. The Balaban J connectivity index is 2.31. The fraction of sp³-hybridized carbons (Fsp3) is 0.400. The van der Waals surface area contributed by atoms with Crippen LogP contribution in [0.25, 0.3) is 0 Å². The normalized spacial score (nSPS) is 12.7. The smallest absolute Gasteiger partial charge is 0.0738 e. The summed E-state index contributed by atoms with van der Waals surface area (Å²) >= 11 is 6.03. The number of hydrogen-bond acceptors (Lipinski definition) is 2. The summed E-state index contributed by atoms with van der Waals surface area (Å²) in [4.78, 5) is 0. The zero-order valence-electron chi connectivity index (χ0n) is 12.0. The molecule has 108 valence electrons. The van der Waals surface area contributed by atoms with Crippen LogP contribution in [-0.4, -0.2) is 16.8 Å². The zero-order chi connectivity index (χ0) is 14.7.